The van der Waals surface area contributed by atoms with Crippen molar-refractivity contribution < 1.29 is 13.2 Å². The van der Waals surface area contributed by atoms with Crippen LogP contribution in [0.2, 0.25) is 0 Å². The van der Waals surface area contributed by atoms with E-state index >= 15 is 0 Å². The van der Waals surface area contributed by atoms with E-state index in [0.717, 1.165) is 9.99 Å². The van der Waals surface area contributed by atoms with Gasteiger partial charge < -0.3 is 10.6 Å². The van der Waals surface area contributed by atoms with Gasteiger partial charge in [0.05, 0.1) is 4.90 Å². The third kappa shape index (κ3) is 4.80. The molecule has 0 aliphatic rings. The van der Waals surface area contributed by atoms with E-state index < -0.39 is 10.0 Å². The molecule has 0 aliphatic heterocycles. The summed E-state index contributed by atoms with van der Waals surface area (Å²) in [5.41, 5.74) is 2.04. The summed E-state index contributed by atoms with van der Waals surface area (Å²) in [6.45, 7) is 4.10. The zero-order valence-electron chi connectivity index (χ0n) is 14.8. The number of rotatable bonds is 6. The monoisotopic (exact) mass is 361 g/mol. The van der Waals surface area contributed by atoms with E-state index in [4.69, 9.17) is 0 Å². The van der Waals surface area contributed by atoms with Crippen molar-refractivity contribution in [1.82, 2.24) is 4.31 Å². The van der Waals surface area contributed by atoms with Gasteiger partial charge in [-0.3, -0.25) is 4.79 Å². The van der Waals surface area contributed by atoms with Crippen molar-refractivity contribution in [2.45, 2.75) is 24.8 Å². The van der Waals surface area contributed by atoms with E-state index in [1.807, 2.05) is 24.3 Å². The maximum absolute atomic E-state index is 12.3. The van der Waals surface area contributed by atoms with Crippen LogP contribution in [0.1, 0.15) is 24.2 Å². The summed E-state index contributed by atoms with van der Waals surface area (Å²) >= 11 is 0. The number of amides is 1. The Hall–Kier alpha value is -2.38. The number of nitrogens with one attached hydrogen (secondary N) is 2. The first-order valence-corrected chi connectivity index (χ1v) is 9.34. The quantitative estimate of drug-likeness (QED) is 0.829. The minimum atomic E-state index is -3.50. The molecule has 6 nitrogen and oxygen atoms in total. The normalized spacial score (nSPS) is 11.6. The number of benzene rings is 2. The largest absolute Gasteiger partial charge is 0.383 e. The Morgan fingerprint density at radius 1 is 0.920 bits per heavy atom. The number of hydrogen-bond donors (Lipinski definition) is 2. The van der Waals surface area contributed by atoms with Crippen LogP contribution in [0, 0.1) is 0 Å². The van der Waals surface area contributed by atoms with Crippen molar-refractivity contribution in [2.24, 2.45) is 0 Å². The maximum Gasteiger partial charge on any atom is 0.255 e. The molecular weight excluding hydrogens is 338 g/mol. The molecule has 1 amide bonds. The SMILES string of the molecule is CC(C)Nc1ccc(NC(=O)c2ccc(S(=O)(=O)N(C)C)cc2)cc1. The predicted octanol–water partition coefficient (Wildman–Crippen LogP) is 3.01. The second-order valence-electron chi connectivity index (χ2n) is 6.14. The van der Waals surface area contributed by atoms with E-state index in [9.17, 15) is 13.2 Å². The Labute approximate surface area is 148 Å². The fourth-order valence-electron chi connectivity index (χ4n) is 2.18. The first-order valence-electron chi connectivity index (χ1n) is 7.90. The molecule has 0 unspecified atom stereocenters. The topological polar surface area (TPSA) is 78.5 Å². The fourth-order valence-corrected chi connectivity index (χ4v) is 3.08. The van der Waals surface area contributed by atoms with Crippen LogP contribution in [0.4, 0.5) is 11.4 Å². The zero-order valence-corrected chi connectivity index (χ0v) is 15.6. The number of carbonyl (C=O) groups excluding carboxylic acids is 1. The summed E-state index contributed by atoms with van der Waals surface area (Å²) in [5.74, 6) is -0.293. The average molecular weight is 361 g/mol. The highest BCUT2D eigenvalue weighted by atomic mass is 32.2. The van der Waals surface area contributed by atoms with Gasteiger partial charge in [0.15, 0.2) is 0 Å². The second kappa shape index (κ2) is 7.67. The van der Waals surface area contributed by atoms with Crippen LogP contribution in [0.5, 0.6) is 0 Å². The molecule has 0 heterocycles. The van der Waals surface area contributed by atoms with Gasteiger partial charge in [0.2, 0.25) is 10.0 Å². The number of anilines is 2. The lowest BCUT2D eigenvalue weighted by atomic mass is 10.2. The van der Waals surface area contributed by atoms with Crippen LogP contribution in [-0.4, -0.2) is 38.8 Å². The molecule has 2 aromatic rings. The molecule has 0 fully saturated rings. The van der Waals surface area contributed by atoms with Gasteiger partial charge in [-0.1, -0.05) is 0 Å². The summed E-state index contributed by atoms with van der Waals surface area (Å²) in [5, 5.41) is 6.07. The van der Waals surface area contributed by atoms with Gasteiger partial charge in [-0.2, -0.15) is 0 Å². The van der Waals surface area contributed by atoms with Gasteiger partial charge in [0.1, 0.15) is 0 Å². The van der Waals surface area contributed by atoms with Gasteiger partial charge >= 0.3 is 0 Å². The maximum atomic E-state index is 12.3. The summed E-state index contributed by atoms with van der Waals surface area (Å²) < 4.78 is 25.2. The van der Waals surface area contributed by atoms with E-state index in [0.29, 0.717) is 17.3 Å². The van der Waals surface area contributed by atoms with Crippen LogP contribution in [0.3, 0.4) is 0 Å². The fraction of sp³-hybridized carbons (Fsp3) is 0.278. The molecule has 7 heteroatoms. The van der Waals surface area contributed by atoms with Gasteiger partial charge in [0, 0.05) is 37.1 Å². The minimum absolute atomic E-state index is 0.151. The molecule has 0 atom stereocenters. The highest BCUT2D eigenvalue weighted by Crippen LogP contribution is 2.17. The molecule has 0 aromatic heterocycles. The van der Waals surface area contributed by atoms with Crippen LogP contribution in [0.15, 0.2) is 53.4 Å². The number of nitrogens with zero attached hydrogens (tertiary/aromatic N) is 1. The second-order valence-corrected chi connectivity index (χ2v) is 8.29. The smallest absolute Gasteiger partial charge is 0.255 e. The van der Waals surface area contributed by atoms with Crippen molar-refractivity contribution in [3.05, 3.63) is 54.1 Å². The lowest BCUT2D eigenvalue weighted by molar-refractivity contribution is 0.102. The Balaban J connectivity index is 2.08. The molecule has 0 aliphatic carbocycles. The Kier molecular flexibility index (Phi) is 5.81. The number of sulfonamides is 1. The summed E-state index contributed by atoms with van der Waals surface area (Å²) in [4.78, 5) is 12.4. The third-order valence-corrected chi connectivity index (χ3v) is 5.32. The molecule has 0 saturated heterocycles. The van der Waals surface area contributed by atoms with Gasteiger partial charge in [-0.25, -0.2) is 12.7 Å². The molecule has 0 spiro atoms. The molecule has 0 radical (unpaired) electrons. The lowest BCUT2D eigenvalue weighted by Gasteiger charge is -2.12. The van der Waals surface area contributed by atoms with Crippen LogP contribution in [0.25, 0.3) is 0 Å². The third-order valence-electron chi connectivity index (χ3n) is 3.49. The predicted molar refractivity (Wildman–Crippen MR) is 100 cm³/mol. The van der Waals surface area contributed by atoms with Crippen LogP contribution < -0.4 is 10.6 Å². The summed E-state index contributed by atoms with van der Waals surface area (Å²) in [6, 6.07) is 13.6. The molecule has 2 rings (SSSR count). The van der Waals surface area contributed by atoms with E-state index in [1.54, 1.807) is 0 Å². The van der Waals surface area contributed by atoms with Crippen LogP contribution >= 0.6 is 0 Å². The molecule has 25 heavy (non-hydrogen) atoms. The molecule has 134 valence electrons. The number of hydrogen-bond acceptors (Lipinski definition) is 4. The van der Waals surface area contributed by atoms with E-state index in [2.05, 4.69) is 24.5 Å². The molecular formula is C18H23N3O3S. The van der Waals surface area contributed by atoms with Crippen molar-refractivity contribution in [1.29, 1.82) is 0 Å². The van der Waals surface area contributed by atoms with E-state index in [1.165, 1.54) is 38.4 Å². The first-order chi connectivity index (χ1) is 11.7. The molecule has 2 aromatic carbocycles. The lowest BCUT2D eigenvalue weighted by Crippen LogP contribution is -2.22. The Bertz CT molecular complexity index is 827. The highest BCUT2D eigenvalue weighted by Gasteiger charge is 2.17. The first kappa shape index (κ1) is 19.0. The molecule has 0 bridgehead atoms. The number of carbonyl (C=O) groups is 1. The summed E-state index contributed by atoms with van der Waals surface area (Å²) in [6.07, 6.45) is 0. The van der Waals surface area contributed by atoms with Crippen molar-refractivity contribution in [3.63, 3.8) is 0 Å². The highest BCUT2D eigenvalue weighted by molar-refractivity contribution is 7.89. The average Bonchev–Trinajstić information content (AvgIpc) is 2.56. The zero-order chi connectivity index (χ0) is 18.6. The van der Waals surface area contributed by atoms with Crippen LogP contribution in [-0.2, 0) is 10.0 Å². The van der Waals surface area contributed by atoms with Gasteiger partial charge in [-0.15, -0.1) is 0 Å². The van der Waals surface area contributed by atoms with Gasteiger partial charge in [-0.05, 0) is 62.4 Å². The Morgan fingerprint density at radius 3 is 1.92 bits per heavy atom. The van der Waals surface area contributed by atoms with Gasteiger partial charge in [0.25, 0.3) is 5.91 Å². The van der Waals surface area contributed by atoms with Crippen molar-refractivity contribution in [3.8, 4) is 0 Å². The standard InChI is InChI=1S/C18H23N3O3S/c1-13(2)19-15-7-9-16(10-8-15)20-18(22)14-5-11-17(12-6-14)25(23,24)21(3)4/h5-13,19H,1-4H3,(H,20,22). The minimum Gasteiger partial charge on any atom is -0.383 e. The molecule has 2 N–H and O–H groups in total. The Morgan fingerprint density at radius 2 is 1.44 bits per heavy atom. The van der Waals surface area contributed by atoms with Crippen molar-refractivity contribution >= 4 is 27.3 Å². The summed E-state index contributed by atoms with van der Waals surface area (Å²) in [7, 11) is -0.566. The molecule has 0 saturated carbocycles. The van der Waals surface area contributed by atoms with E-state index in [-0.39, 0.29) is 10.8 Å². The van der Waals surface area contributed by atoms with Crippen molar-refractivity contribution in [2.75, 3.05) is 24.7 Å².